The first-order valence-electron chi connectivity index (χ1n) is 10.2. The van der Waals surface area contributed by atoms with Gasteiger partial charge in [0.2, 0.25) is 0 Å². The van der Waals surface area contributed by atoms with Crippen LogP contribution in [0.15, 0.2) is 108 Å². The molecule has 0 aliphatic carbocycles. The lowest BCUT2D eigenvalue weighted by Gasteiger charge is -2.28. The van der Waals surface area contributed by atoms with Crippen molar-refractivity contribution in [1.29, 1.82) is 0 Å². The van der Waals surface area contributed by atoms with Crippen LogP contribution in [0.25, 0.3) is 11.1 Å². The SMILES string of the molecule is CC1(C(N)c2ccc(-c3ccc(C(N)c4ccccc4)cc3)cc2)C=CC=CC=N1. The topological polar surface area (TPSA) is 64.4 Å². The Morgan fingerprint density at radius 3 is 1.87 bits per heavy atom. The van der Waals surface area contributed by atoms with Crippen LogP contribution in [0, 0.1) is 0 Å². The molecule has 150 valence electrons. The van der Waals surface area contributed by atoms with Crippen LogP contribution in [0.2, 0.25) is 0 Å². The molecule has 0 spiro atoms. The van der Waals surface area contributed by atoms with Crippen LogP contribution in [0.5, 0.6) is 0 Å². The van der Waals surface area contributed by atoms with Gasteiger partial charge in [0.05, 0.1) is 17.6 Å². The van der Waals surface area contributed by atoms with E-state index >= 15 is 0 Å². The Labute approximate surface area is 178 Å². The summed E-state index contributed by atoms with van der Waals surface area (Å²) in [5.74, 6) is 0. The monoisotopic (exact) mass is 393 g/mol. The molecule has 0 fully saturated rings. The van der Waals surface area contributed by atoms with E-state index in [2.05, 4.69) is 78.7 Å². The average molecular weight is 394 g/mol. The minimum Gasteiger partial charge on any atom is -0.322 e. The summed E-state index contributed by atoms with van der Waals surface area (Å²) in [5, 5.41) is 0. The maximum absolute atomic E-state index is 6.56. The first-order chi connectivity index (χ1) is 14.6. The van der Waals surface area contributed by atoms with E-state index in [0.717, 1.165) is 27.8 Å². The summed E-state index contributed by atoms with van der Waals surface area (Å²) in [6.07, 6.45) is 9.77. The van der Waals surface area contributed by atoms with Crippen molar-refractivity contribution in [2.75, 3.05) is 0 Å². The van der Waals surface area contributed by atoms with Crippen molar-refractivity contribution in [2.24, 2.45) is 16.5 Å². The van der Waals surface area contributed by atoms with Gasteiger partial charge in [-0.05, 0) is 40.8 Å². The number of allylic oxidation sites excluding steroid dienone is 3. The largest absolute Gasteiger partial charge is 0.322 e. The van der Waals surface area contributed by atoms with Gasteiger partial charge in [-0.1, -0.05) is 97.1 Å². The summed E-state index contributed by atoms with van der Waals surface area (Å²) in [6, 6.07) is 26.7. The van der Waals surface area contributed by atoms with Crippen molar-refractivity contribution >= 4 is 6.21 Å². The molecule has 3 aromatic rings. The summed E-state index contributed by atoms with van der Waals surface area (Å²) in [6.45, 7) is 2.06. The normalized spacial score (nSPS) is 20.0. The Hall–Kier alpha value is -3.27. The van der Waals surface area contributed by atoms with Crippen molar-refractivity contribution in [2.45, 2.75) is 24.5 Å². The lowest BCUT2D eigenvalue weighted by molar-refractivity contribution is 0.476. The van der Waals surface area contributed by atoms with E-state index in [0.29, 0.717) is 0 Å². The van der Waals surface area contributed by atoms with Crippen LogP contribution in [0.1, 0.15) is 35.7 Å². The molecule has 3 atom stereocenters. The molecule has 0 radical (unpaired) electrons. The first kappa shape index (κ1) is 20.0. The number of rotatable bonds is 5. The van der Waals surface area contributed by atoms with Gasteiger partial charge in [0.25, 0.3) is 0 Å². The van der Waals surface area contributed by atoms with Gasteiger partial charge in [-0.2, -0.15) is 0 Å². The van der Waals surface area contributed by atoms with Gasteiger partial charge in [-0.3, -0.25) is 4.99 Å². The Kier molecular flexibility index (Phi) is 5.75. The zero-order chi connectivity index (χ0) is 21.0. The van der Waals surface area contributed by atoms with Crippen molar-refractivity contribution < 1.29 is 0 Å². The van der Waals surface area contributed by atoms with Crippen molar-refractivity contribution in [1.82, 2.24) is 0 Å². The molecule has 0 saturated heterocycles. The smallest absolute Gasteiger partial charge is 0.0954 e. The van der Waals surface area contributed by atoms with Gasteiger partial charge in [0, 0.05) is 6.21 Å². The highest BCUT2D eigenvalue weighted by Gasteiger charge is 2.29. The highest BCUT2D eigenvalue weighted by molar-refractivity contribution is 5.73. The number of nitrogens with zero attached hydrogens (tertiary/aromatic N) is 1. The fourth-order valence-corrected chi connectivity index (χ4v) is 3.75. The summed E-state index contributed by atoms with van der Waals surface area (Å²) in [5.41, 5.74) is 18.1. The van der Waals surface area contributed by atoms with Crippen molar-refractivity contribution in [3.8, 4) is 11.1 Å². The van der Waals surface area contributed by atoms with E-state index in [9.17, 15) is 0 Å². The summed E-state index contributed by atoms with van der Waals surface area (Å²) < 4.78 is 0. The molecule has 3 nitrogen and oxygen atoms in total. The third-order valence-electron chi connectivity index (χ3n) is 5.76. The van der Waals surface area contributed by atoms with E-state index in [1.165, 1.54) is 0 Å². The Balaban J connectivity index is 1.52. The van der Waals surface area contributed by atoms with Crippen molar-refractivity contribution in [3.05, 3.63) is 120 Å². The van der Waals surface area contributed by atoms with Crippen LogP contribution in [0.4, 0.5) is 0 Å². The highest BCUT2D eigenvalue weighted by atomic mass is 14.9. The summed E-state index contributed by atoms with van der Waals surface area (Å²) >= 11 is 0. The van der Waals surface area contributed by atoms with Gasteiger partial charge in [0.15, 0.2) is 0 Å². The zero-order valence-corrected chi connectivity index (χ0v) is 17.1. The molecule has 1 heterocycles. The van der Waals surface area contributed by atoms with Crippen LogP contribution in [-0.4, -0.2) is 11.8 Å². The van der Waals surface area contributed by atoms with Crippen LogP contribution in [-0.2, 0) is 0 Å². The van der Waals surface area contributed by atoms with Crippen LogP contribution in [0.3, 0.4) is 0 Å². The molecule has 0 saturated carbocycles. The molecule has 0 bridgehead atoms. The first-order valence-corrected chi connectivity index (χ1v) is 10.2. The number of hydrogen-bond donors (Lipinski definition) is 2. The van der Waals surface area contributed by atoms with E-state index in [4.69, 9.17) is 11.5 Å². The predicted molar refractivity (Wildman–Crippen MR) is 126 cm³/mol. The fraction of sp³-hybridized carbons (Fsp3) is 0.148. The van der Waals surface area contributed by atoms with Crippen LogP contribution >= 0.6 is 0 Å². The van der Waals surface area contributed by atoms with E-state index in [1.54, 1.807) is 0 Å². The molecule has 3 unspecified atom stereocenters. The number of aliphatic imine (C=N–C) groups is 1. The predicted octanol–water partition coefficient (Wildman–Crippen LogP) is 5.36. The van der Waals surface area contributed by atoms with Gasteiger partial charge in [-0.25, -0.2) is 0 Å². The number of nitrogens with two attached hydrogens (primary N) is 2. The molecule has 4 rings (SSSR count). The molecular formula is C27H27N3. The summed E-state index contributed by atoms with van der Waals surface area (Å²) in [7, 11) is 0. The summed E-state index contributed by atoms with van der Waals surface area (Å²) in [4.78, 5) is 4.63. The van der Waals surface area contributed by atoms with Gasteiger partial charge >= 0.3 is 0 Å². The fourth-order valence-electron chi connectivity index (χ4n) is 3.75. The molecule has 4 N–H and O–H groups in total. The maximum Gasteiger partial charge on any atom is 0.0954 e. The Morgan fingerprint density at radius 2 is 1.23 bits per heavy atom. The third kappa shape index (κ3) is 4.18. The van der Waals surface area contributed by atoms with Gasteiger partial charge in [-0.15, -0.1) is 0 Å². The van der Waals surface area contributed by atoms with E-state index in [1.807, 2.05) is 42.6 Å². The molecule has 3 aromatic carbocycles. The Morgan fingerprint density at radius 1 is 0.667 bits per heavy atom. The molecule has 1 aliphatic heterocycles. The second-order valence-electron chi connectivity index (χ2n) is 7.86. The quantitative estimate of drug-likeness (QED) is 0.613. The molecule has 0 amide bonds. The van der Waals surface area contributed by atoms with E-state index < -0.39 is 5.54 Å². The molecule has 30 heavy (non-hydrogen) atoms. The van der Waals surface area contributed by atoms with Crippen molar-refractivity contribution in [3.63, 3.8) is 0 Å². The lowest BCUT2D eigenvalue weighted by atomic mass is 9.87. The second-order valence-corrected chi connectivity index (χ2v) is 7.86. The number of hydrogen-bond acceptors (Lipinski definition) is 3. The third-order valence-corrected chi connectivity index (χ3v) is 5.76. The minimum absolute atomic E-state index is 0.121. The Bertz CT molecular complexity index is 1050. The standard InChI is InChI=1S/C27H27N3/c1-27(18-6-3-7-19-30-27)26(29)24-16-12-21(13-17-24)20-10-14-23(15-11-20)25(28)22-8-4-2-5-9-22/h2-19,25-26H,28-29H2,1H3. The molecule has 1 aliphatic rings. The van der Waals surface area contributed by atoms with Gasteiger partial charge in [0.1, 0.15) is 0 Å². The zero-order valence-electron chi connectivity index (χ0n) is 17.1. The van der Waals surface area contributed by atoms with Gasteiger partial charge < -0.3 is 11.5 Å². The lowest BCUT2D eigenvalue weighted by Crippen LogP contribution is -2.34. The van der Waals surface area contributed by atoms with E-state index in [-0.39, 0.29) is 12.1 Å². The number of benzene rings is 3. The molecule has 0 aromatic heterocycles. The average Bonchev–Trinajstić information content (AvgIpc) is 3.04. The van der Waals surface area contributed by atoms with Crippen LogP contribution < -0.4 is 11.5 Å². The second kappa shape index (κ2) is 8.62. The molecular weight excluding hydrogens is 366 g/mol. The maximum atomic E-state index is 6.56. The molecule has 3 heteroatoms. The minimum atomic E-state index is -0.458. The highest BCUT2D eigenvalue weighted by Crippen LogP contribution is 2.31.